The first-order valence-electron chi connectivity index (χ1n) is 8.19. The normalized spacial score (nSPS) is 16.6. The number of oxime groups is 1. The van der Waals surface area contributed by atoms with Gasteiger partial charge in [0.05, 0.1) is 18.4 Å². The summed E-state index contributed by atoms with van der Waals surface area (Å²) in [7, 11) is 1.36. The highest BCUT2D eigenvalue weighted by molar-refractivity contribution is 5.96. The molecule has 1 aliphatic rings. The molecule has 1 unspecified atom stereocenters. The van der Waals surface area contributed by atoms with Gasteiger partial charge in [-0.25, -0.2) is 4.79 Å². The van der Waals surface area contributed by atoms with Gasteiger partial charge in [0.15, 0.2) is 0 Å². The number of benzene rings is 1. The van der Waals surface area contributed by atoms with Crippen LogP contribution in [0.4, 0.5) is 4.79 Å². The largest absolute Gasteiger partial charge is 0.469 e. The first-order chi connectivity index (χ1) is 11.9. The van der Waals surface area contributed by atoms with Gasteiger partial charge in [-0.2, -0.15) is 0 Å². The Bertz CT molecular complexity index is 628. The maximum atomic E-state index is 12.0. The van der Waals surface area contributed by atoms with Gasteiger partial charge in [0.25, 0.3) is 0 Å². The van der Waals surface area contributed by atoms with Crippen LogP contribution >= 0.6 is 0 Å². The quantitative estimate of drug-likeness (QED) is 0.766. The number of methoxy groups -OCH3 is 1. The summed E-state index contributed by atoms with van der Waals surface area (Å²) in [5.41, 5.74) is 0.923. The van der Waals surface area contributed by atoms with Crippen molar-refractivity contribution in [2.24, 2.45) is 5.16 Å². The van der Waals surface area contributed by atoms with Gasteiger partial charge in [-0.1, -0.05) is 35.5 Å². The van der Waals surface area contributed by atoms with Crippen molar-refractivity contribution in [1.82, 2.24) is 5.32 Å². The average Bonchev–Trinajstić information content (AvgIpc) is 3.08. The predicted molar refractivity (Wildman–Crippen MR) is 92.0 cm³/mol. The van der Waals surface area contributed by atoms with E-state index < -0.39 is 11.6 Å². The Morgan fingerprint density at radius 1 is 1.32 bits per heavy atom. The Morgan fingerprint density at radius 3 is 2.72 bits per heavy atom. The van der Waals surface area contributed by atoms with Crippen LogP contribution in [0.1, 0.15) is 38.7 Å². The number of nitrogens with one attached hydrogen (secondary N) is 1. The summed E-state index contributed by atoms with van der Waals surface area (Å²) in [5.74, 6) is -0.279. The third-order valence-corrected chi connectivity index (χ3v) is 3.98. The lowest BCUT2D eigenvalue weighted by Gasteiger charge is -2.25. The van der Waals surface area contributed by atoms with E-state index in [0.29, 0.717) is 18.6 Å². The minimum Gasteiger partial charge on any atom is -0.469 e. The van der Waals surface area contributed by atoms with Crippen LogP contribution < -0.4 is 5.32 Å². The van der Waals surface area contributed by atoms with Crippen LogP contribution in [-0.2, 0) is 25.7 Å². The lowest BCUT2D eigenvalue weighted by atomic mass is 9.93. The fraction of sp³-hybridized carbons (Fsp3) is 0.500. The maximum absolute atomic E-state index is 12.0. The molecule has 0 radical (unpaired) electrons. The summed E-state index contributed by atoms with van der Waals surface area (Å²) >= 11 is 0. The van der Waals surface area contributed by atoms with E-state index in [1.165, 1.54) is 7.11 Å². The zero-order chi connectivity index (χ0) is 18.3. The molecule has 25 heavy (non-hydrogen) atoms. The highest BCUT2D eigenvalue weighted by atomic mass is 16.6. The van der Waals surface area contributed by atoms with Crippen molar-refractivity contribution >= 4 is 17.8 Å². The molecule has 0 saturated heterocycles. The van der Waals surface area contributed by atoms with Gasteiger partial charge in [0.1, 0.15) is 12.7 Å². The standard InChI is InChI=1S/C18H24N2O5/c1-18(2,15-11-14(25-20-15)9-10-16(21)23-3)19-17(22)24-12-13-7-5-4-6-8-13/h4-8,14H,9-12H2,1-3H3,(H,19,22). The van der Waals surface area contributed by atoms with Crippen LogP contribution in [0.2, 0.25) is 0 Å². The van der Waals surface area contributed by atoms with E-state index in [1.807, 2.05) is 44.2 Å². The second kappa shape index (κ2) is 8.50. The Labute approximate surface area is 147 Å². The molecule has 1 atom stereocenters. The SMILES string of the molecule is COC(=O)CCC1CC(C(C)(C)NC(=O)OCc2ccccc2)=NO1. The number of carbonyl (C=O) groups is 2. The lowest BCUT2D eigenvalue weighted by molar-refractivity contribution is -0.141. The lowest BCUT2D eigenvalue weighted by Crippen LogP contribution is -2.49. The molecule has 1 amide bonds. The Kier molecular flexibility index (Phi) is 6.38. The second-order valence-electron chi connectivity index (χ2n) is 6.40. The highest BCUT2D eigenvalue weighted by Crippen LogP contribution is 2.22. The number of rotatable bonds is 7. The Hall–Kier alpha value is -2.57. The van der Waals surface area contributed by atoms with Crippen LogP contribution in [0.15, 0.2) is 35.5 Å². The topological polar surface area (TPSA) is 86.2 Å². The number of hydrogen-bond acceptors (Lipinski definition) is 6. The van der Waals surface area contributed by atoms with E-state index in [4.69, 9.17) is 9.57 Å². The highest BCUT2D eigenvalue weighted by Gasteiger charge is 2.34. The monoisotopic (exact) mass is 348 g/mol. The van der Waals surface area contributed by atoms with E-state index in [1.54, 1.807) is 0 Å². The van der Waals surface area contributed by atoms with Crippen molar-refractivity contribution in [3.05, 3.63) is 35.9 Å². The van der Waals surface area contributed by atoms with Gasteiger partial charge in [-0.05, 0) is 25.8 Å². The molecule has 0 spiro atoms. The zero-order valence-electron chi connectivity index (χ0n) is 14.8. The van der Waals surface area contributed by atoms with E-state index in [9.17, 15) is 9.59 Å². The molecular weight excluding hydrogens is 324 g/mol. The smallest absolute Gasteiger partial charge is 0.408 e. The molecule has 0 saturated carbocycles. The summed E-state index contributed by atoms with van der Waals surface area (Å²) in [4.78, 5) is 28.6. The van der Waals surface area contributed by atoms with Crippen molar-refractivity contribution in [1.29, 1.82) is 0 Å². The molecule has 1 aromatic carbocycles. The number of carbonyl (C=O) groups excluding carboxylic acids is 2. The number of nitrogens with zero attached hydrogens (tertiary/aromatic N) is 1. The van der Waals surface area contributed by atoms with Crippen molar-refractivity contribution in [2.45, 2.75) is 51.4 Å². The molecule has 0 aromatic heterocycles. The van der Waals surface area contributed by atoms with E-state index in [-0.39, 0.29) is 25.1 Å². The molecule has 1 aromatic rings. The van der Waals surface area contributed by atoms with Gasteiger partial charge >= 0.3 is 12.1 Å². The minimum absolute atomic E-state index is 0.185. The van der Waals surface area contributed by atoms with Crippen LogP contribution in [0.5, 0.6) is 0 Å². The van der Waals surface area contributed by atoms with E-state index >= 15 is 0 Å². The Balaban J connectivity index is 1.78. The summed E-state index contributed by atoms with van der Waals surface area (Å²) in [6.45, 7) is 3.87. The van der Waals surface area contributed by atoms with Gasteiger partial charge in [0, 0.05) is 12.8 Å². The zero-order valence-corrected chi connectivity index (χ0v) is 14.8. The van der Waals surface area contributed by atoms with Gasteiger partial charge in [-0.15, -0.1) is 0 Å². The van der Waals surface area contributed by atoms with Crippen molar-refractivity contribution in [2.75, 3.05) is 7.11 Å². The molecule has 1 heterocycles. The van der Waals surface area contributed by atoms with Crippen molar-refractivity contribution in [3.8, 4) is 0 Å². The van der Waals surface area contributed by atoms with Gasteiger partial charge in [0.2, 0.25) is 0 Å². The number of amides is 1. The van der Waals surface area contributed by atoms with Crippen molar-refractivity contribution < 1.29 is 23.9 Å². The van der Waals surface area contributed by atoms with Crippen LogP contribution in [0.3, 0.4) is 0 Å². The summed E-state index contributed by atoms with van der Waals surface area (Å²) < 4.78 is 9.85. The Morgan fingerprint density at radius 2 is 2.04 bits per heavy atom. The molecule has 1 N–H and O–H groups in total. The molecule has 7 nitrogen and oxygen atoms in total. The van der Waals surface area contributed by atoms with E-state index in [2.05, 4.69) is 15.2 Å². The number of ether oxygens (including phenoxy) is 2. The summed E-state index contributed by atoms with van der Waals surface area (Å²) in [5, 5.41) is 6.86. The minimum atomic E-state index is -0.701. The fourth-order valence-corrected chi connectivity index (χ4v) is 2.42. The predicted octanol–water partition coefficient (Wildman–Crippen LogP) is 2.79. The molecule has 0 aliphatic carbocycles. The van der Waals surface area contributed by atoms with Gasteiger partial charge < -0.3 is 19.6 Å². The van der Waals surface area contributed by atoms with Crippen LogP contribution in [0.25, 0.3) is 0 Å². The number of esters is 1. The number of alkyl carbamates (subject to hydrolysis) is 1. The fourth-order valence-electron chi connectivity index (χ4n) is 2.42. The summed E-state index contributed by atoms with van der Waals surface area (Å²) in [6.07, 6.45) is 0.638. The third kappa shape index (κ3) is 5.77. The molecule has 0 bridgehead atoms. The van der Waals surface area contributed by atoms with Gasteiger partial charge in [-0.3, -0.25) is 4.79 Å². The molecule has 0 fully saturated rings. The summed E-state index contributed by atoms with van der Waals surface area (Å²) in [6, 6.07) is 9.46. The molecule has 136 valence electrons. The molecule has 7 heteroatoms. The number of hydrogen-bond donors (Lipinski definition) is 1. The first kappa shape index (κ1) is 18.8. The maximum Gasteiger partial charge on any atom is 0.408 e. The van der Waals surface area contributed by atoms with Crippen LogP contribution in [-0.4, -0.2) is 36.5 Å². The molecular formula is C18H24N2O5. The van der Waals surface area contributed by atoms with E-state index in [0.717, 1.165) is 5.56 Å². The second-order valence-corrected chi connectivity index (χ2v) is 6.40. The average molecular weight is 348 g/mol. The van der Waals surface area contributed by atoms with Crippen LogP contribution in [0, 0.1) is 0 Å². The van der Waals surface area contributed by atoms with Crippen molar-refractivity contribution in [3.63, 3.8) is 0 Å². The molecule has 1 aliphatic heterocycles. The molecule has 2 rings (SSSR count). The third-order valence-electron chi connectivity index (χ3n) is 3.98. The first-order valence-corrected chi connectivity index (χ1v) is 8.19.